The van der Waals surface area contributed by atoms with Crippen LogP contribution in [0.1, 0.15) is 83.6 Å². The number of carbonyl (C=O) groups is 2. The summed E-state index contributed by atoms with van der Waals surface area (Å²) in [6.07, 6.45) is 11.8. The van der Waals surface area contributed by atoms with E-state index in [-0.39, 0.29) is 17.7 Å². The number of nitrogens with one attached hydrogen (secondary N) is 1. The van der Waals surface area contributed by atoms with Gasteiger partial charge >= 0.3 is 0 Å². The Kier molecular flexibility index (Phi) is 12.4. The minimum Gasteiger partial charge on any atom is -0.494 e. The van der Waals surface area contributed by atoms with Gasteiger partial charge in [0.25, 0.3) is 0 Å². The summed E-state index contributed by atoms with van der Waals surface area (Å²) in [5, 5.41) is 3.13. The van der Waals surface area contributed by atoms with Gasteiger partial charge in [-0.05, 0) is 63.3 Å². The van der Waals surface area contributed by atoms with Crippen LogP contribution in [0.25, 0.3) is 0 Å². The molecule has 1 aromatic carbocycles. The Morgan fingerprint density at radius 1 is 0.938 bits per heavy atom. The molecule has 32 heavy (non-hydrogen) atoms. The van der Waals surface area contributed by atoms with Gasteiger partial charge < -0.3 is 15.0 Å². The van der Waals surface area contributed by atoms with Crippen molar-refractivity contribution in [1.29, 1.82) is 0 Å². The lowest BCUT2D eigenvalue weighted by molar-refractivity contribution is -0.132. The van der Waals surface area contributed by atoms with Crippen LogP contribution in [0.4, 0.5) is 0 Å². The quantitative estimate of drug-likeness (QED) is 0.379. The highest BCUT2D eigenvalue weighted by molar-refractivity contribution is 5.86. The van der Waals surface area contributed by atoms with E-state index in [2.05, 4.69) is 22.3 Å². The molecular weight excluding hydrogens is 400 g/mol. The zero-order valence-electron chi connectivity index (χ0n) is 20.5. The third-order valence-electron chi connectivity index (χ3n) is 6.39. The first-order chi connectivity index (χ1) is 15.5. The van der Waals surface area contributed by atoms with Gasteiger partial charge in [0.2, 0.25) is 5.91 Å². The van der Waals surface area contributed by atoms with E-state index < -0.39 is 0 Å². The maximum absolute atomic E-state index is 12.2. The van der Waals surface area contributed by atoms with Crippen molar-refractivity contribution in [3.63, 3.8) is 0 Å². The zero-order chi connectivity index (χ0) is 23.2. The normalized spacial score (nSPS) is 15.1. The Hall–Kier alpha value is -1.88. The van der Waals surface area contributed by atoms with Crippen molar-refractivity contribution in [3.05, 3.63) is 29.8 Å². The van der Waals surface area contributed by atoms with Crippen molar-refractivity contribution in [2.24, 2.45) is 5.92 Å². The number of Topliss-reactive ketones (excluding diaryl/α,β-unsaturated/α-hetero) is 1. The lowest BCUT2D eigenvalue weighted by Crippen LogP contribution is -2.38. The number of likely N-dealkylation sites (tertiary alicyclic amines) is 1. The molecule has 0 bridgehead atoms. The smallest absolute Gasteiger partial charge is 0.222 e. The number of likely N-dealkylation sites (N-methyl/N-ethyl adjacent to an activating group) is 1. The Morgan fingerprint density at radius 3 is 2.19 bits per heavy atom. The molecule has 0 radical (unpaired) electrons. The average Bonchev–Trinajstić information content (AvgIpc) is 2.82. The highest BCUT2D eigenvalue weighted by Gasteiger charge is 2.19. The van der Waals surface area contributed by atoms with Crippen LogP contribution in [0, 0.1) is 5.92 Å². The number of hydrogen-bond donors (Lipinski definition) is 1. The van der Waals surface area contributed by atoms with E-state index in [1.54, 1.807) is 0 Å². The molecule has 2 rings (SSSR count). The maximum Gasteiger partial charge on any atom is 0.222 e. The van der Waals surface area contributed by atoms with Crippen LogP contribution in [-0.2, 0) is 16.0 Å². The number of ether oxygens (including phenoxy) is 1. The second-order valence-corrected chi connectivity index (χ2v) is 9.41. The Labute approximate surface area is 195 Å². The van der Waals surface area contributed by atoms with E-state index in [0.717, 1.165) is 56.7 Å². The number of unbranched alkanes of at least 4 members (excludes halogenated alkanes) is 5. The minimum atomic E-state index is -0.135. The topological polar surface area (TPSA) is 58.6 Å². The number of benzene rings is 1. The van der Waals surface area contributed by atoms with Crippen molar-refractivity contribution in [3.8, 4) is 5.75 Å². The summed E-state index contributed by atoms with van der Waals surface area (Å²) < 4.78 is 5.87. The van der Waals surface area contributed by atoms with Gasteiger partial charge in [-0.15, -0.1) is 0 Å². The first kappa shape index (κ1) is 26.4. The van der Waals surface area contributed by atoms with Crippen molar-refractivity contribution in [1.82, 2.24) is 10.2 Å². The van der Waals surface area contributed by atoms with Gasteiger partial charge in [-0.2, -0.15) is 0 Å². The standard InChI is InChI=1S/C27H44N2O3/c1-22(2)27(31)25(28-3)21-23-14-16-24(17-15-23)32-20-12-7-5-4-6-9-13-26(30)29-18-10-8-11-19-29/h14-17,22,25,28H,4-13,18-21H2,1-3H3/t25-/m0/s1. The summed E-state index contributed by atoms with van der Waals surface area (Å²) >= 11 is 0. The summed E-state index contributed by atoms with van der Waals surface area (Å²) in [6.45, 7) is 6.56. The molecule has 0 aromatic heterocycles. The molecule has 1 saturated heterocycles. The van der Waals surface area contributed by atoms with E-state index in [0.29, 0.717) is 12.3 Å². The molecular formula is C27H44N2O3. The number of hydrogen-bond acceptors (Lipinski definition) is 4. The molecule has 1 aliphatic heterocycles. The number of piperidine rings is 1. The summed E-state index contributed by atoms with van der Waals surface area (Å²) in [5.74, 6) is 1.54. The molecule has 0 spiro atoms. The molecule has 0 unspecified atom stereocenters. The fraction of sp³-hybridized carbons (Fsp3) is 0.704. The first-order valence-corrected chi connectivity index (χ1v) is 12.7. The molecule has 180 valence electrons. The van der Waals surface area contributed by atoms with Gasteiger partial charge in [0, 0.05) is 25.4 Å². The SMILES string of the molecule is CN[C@@H](Cc1ccc(OCCCCCCCCC(=O)N2CCCCC2)cc1)C(=O)C(C)C. The van der Waals surface area contributed by atoms with Gasteiger partial charge in [-0.25, -0.2) is 0 Å². The first-order valence-electron chi connectivity index (χ1n) is 12.7. The summed E-state index contributed by atoms with van der Waals surface area (Å²) in [6, 6.07) is 7.98. The summed E-state index contributed by atoms with van der Waals surface area (Å²) in [5.41, 5.74) is 1.14. The molecule has 1 aromatic rings. The third-order valence-corrected chi connectivity index (χ3v) is 6.39. The van der Waals surface area contributed by atoms with Crippen molar-refractivity contribution >= 4 is 11.7 Å². The lowest BCUT2D eigenvalue weighted by Gasteiger charge is -2.26. The van der Waals surface area contributed by atoms with Gasteiger partial charge in [0.1, 0.15) is 5.75 Å². The van der Waals surface area contributed by atoms with Gasteiger partial charge in [-0.1, -0.05) is 51.7 Å². The fourth-order valence-electron chi connectivity index (χ4n) is 4.28. The molecule has 0 aliphatic carbocycles. The average molecular weight is 445 g/mol. The van der Waals surface area contributed by atoms with Gasteiger partial charge in [-0.3, -0.25) is 9.59 Å². The maximum atomic E-state index is 12.2. The number of ketones is 1. The van der Waals surface area contributed by atoms with Crippen LogP contribution < -0.4 is 10.1 Å². The Morgan fingerprint density at radius 2 is 1.56 bits per heavy atom. The molecule has 1 atom stereocenters. The molecule has 1 N–H and O–H groups in total. The molecule has 1 amide bonds. The van der Waals surface area contributed by atoms with Gasteiger partial charge in [0.15, 0.2) is 5.78 Å². The number of carbonyl (C=O) groups excluding carboxylic acids is 2. The van der Waals surface area contributed by atoms with E-state index in [9.17, 15) is 9.59 Å². The largest absolute Gasteiger partial charge is 0.494 e. The molecule has 0 saturated carbocycles. The Balaban J connectivity index is 1.51. The van der Waals surface area contributed by atoms with Crippen LogP contribution >= 0.6 is 0 Å². The van der Waals surface area contributed by atoms with E-state index >= 15 is 0 Å². The molecule has 1 heterocycles. The van der Waals surface area contributed by atoms with Crippen molar-refractivity contribution in [2.75, 3.05) is 26.7 Å². The summed E-state index contributed by atoms with van der Waals surface area (Å²) in [4.78, 5) is 26.4. The van der Waals surface area contributed by atoms with E-state index in [1.807, 2.05) is 33.0 Å². The van der Waals surface area contributed by atoms with Crippen LogP contribution in [-0.4, -0.2) is 49.4 Å². The predicted molar refractivity (Wildman–Crippen MR) is 131 cm³/mol. The second kappa shape index (κ2) is 15.0. The monoisotopic (exact) mass is 444 g/mol. The molecule has 1 fully saturated rings. The number of nitrogens with zero attached hydrogens (tertiary/aromatic N) is 1. The molecule has 1 aliphatic rings. The lowest BCUT2D eigenvalue weighted by atomic mass is 9.96. The van der Waals surface area contributed by atoms with E-state index in [4.69, 9.17) is 4.74 Å². The highest BCUT2D eigenvalue weighted by Crippen LogP contribution is 2.16. The molecule has 5 nitrogen and oxygen atoms in total. The fourth-order valence-corrected chi connectivity index (χ4v) is 4.28. The minimum absolute atomic E-state index is 0.0390. The zero-order valence-corrected chi connectivity index (χ0v) is 20.5. The van der Waals surface area contributed by atoms with Crippen LogP contribution in [0.2, 0.25) is 0 Å². The number of amides is 1. The van der Waals surface area contributed by atoms with Crippen LogP contribution in [0.3, 0.4) is 0 Å². The number of rotatable bonds is 15. The highest BCUT2D eigenvalue weighted by atomic mass is 16.5. The van der Waals surface area contributed by atoms with Crippen LogP contribution in [0.5, 0.6) is 5.75 Å². The third kappa shape index (κ3) is 9.72. The second-order valence-electron chi connectivity index (χ2n) is 9.41. The van der Waals surface area contributed by atoms with Crippen molar-refractivity contribution in [2.45, 2.75) is 90.5 Å². The van der Waals surface area contributed by atoms with Crippen LogP contribution in [0.15, 0.2) is 24.3 Å². The predicted octanol–water partition coefficient (Wildman–Crippen LogP) is 5.16. The van der Waals surface area contributed by atoms with Gasteiger partial charge in [0.05, 0.1) is 12.6 Å². The van der Waals surface area contributed by atoms with Crippen molar-refractivity contribution < 1.29 is 14.3 Å². The molecule has 5 heteroatoms. The van der Waals surface area contributed by atoms with E-state index in [1.165, 1.54) is 38.5 Å². The summed E-state index contributed by atoms with van der Waals surface area (Å²) in [7, 11) is 1.84. The Bertz CT molecular complexity index is 666.